The number of nitrogens with zero attached hydrogens (tertiary/aromatic N) is 1. The van der Waals surface area contributed by atoms with Crippen LogP contribution in [0, 0.1) is 6.92 Å². The van der Waals surface area contributed by atoms with Crippen molar-refractivity contribution < 1.29 is 9.53 Å². The number of carbonyl (C=O) groups is 1. The largest absolute Gasteiger partial charge is 0.462 e. The summed E-state index contributed by atoms with van der Waals surface area (Å²) in [6, 6.07) is 7.49. The first-order valence-electron chi connectivity index (χ1n) is 5.46. The van der Waals surface area contributed by atoms with Gasteiger partial charge in [0.1, 0.15) is 11.4 Å². The molecule has 17 heavy (non-hydrogen) atoms. The van der Waals surface area contributed by atoms with E-state index in [-0.39, 0.29) is 5.82 Å². The molecular weight excluding hydrogens is 216 g/mol. The van der Waals surface area contributed by atoms with Gasteiger partial charge >= 0.3 is 5.97 Å². The van der Waals surface area contributed by atoms with Crippen molar-refractivity contribution in [2.24, 2.45) is 0 Å². The summed E-state index contributed by atoms with van der Waals surface area (Å²) in [5.74, 6) is -0.218. The van der Waals surface area contributed by atoms with Crippen molar-refractivity contribution in [2.45, 2.75) is 13.8 Å². The molecule has 4 heteroatoms. The summed E-state index contributed by atoms with van der Waals surface area (Å²) in [5.41, 5.74) is 7.93. The Balaban J connectivity index is 2.61. The van der Waals surface area contributed by atoms with Gasteiger partial charge in [0, 0.05) is 5.39 Å². The quantitative estimate of drug-likeness (QED) is 0.804. The number of anilines is 1. The Hall–Kier alpha value is -2.10. The zero-order valence-corrected chi connectivity index (χ0v) is 9.86. The van der Waals surface area contributed by atoms with Crippen LogP contribution in [-0.4, -0.2) is 17.6 Å². The highest BCUT2D eigenvalue weighted by atomic mass is 16.5. The molecule has 0 aliphatic rings. The molecule has 1 aromatic heterocycles. The van der Waals surface area contributed by atoms with E-state index in [2.05, 4.69) is 4.98 Å². The number of ether oxygens (including phenoxy) is 1. The highest BCUT2D eigenvalue weighted by Gasteiger charge is 2.13. The number of rotatable bonds is 2. The van der Waals surface area contributed by atoms with Crippen LogP contribution in [0.3, 0.4) is 0 Å². The fraction of sp³-hybridized carbons (Fsp3) is 0.231. The van der Waals surface area contributed by atoms with Crippen molar-refractivity contribution in [3.8, 4) is 0 Å². The van der Waals surface area contributed by atoms with Gasteiger partial charge in [0.15, 0.2) is 0 Å². The number of hydrogen-bond acceptors (Lipinski definition) is 4. The molecule has 2 rings (SSSR count). The van der Waals surface area contributed by atoms with E-state index in [1.54, 1.807) is 13.0 Å². The Morgan fingerprint density at radius 2 is 2.24 bits per heavy atom. The average Bonchev–Trinajstić information content (AvgIpc) is 2.29. The van der Waals surface area contributed by atoms with Crippen molar-refractivity contribution in [2.75, 3.05) is 12.3 Å². The van der Waals surface area contributed by atoms with Crippen molar-refractivity contribution in [1.82, 2.24) is 4.98 Å². The van der Waals surface area contributed by atoms with Gasteiger partial charge in [-0.1, -0.05) is 12.1 Å². The maximum absolute atomic E-state index is 11.7. The second kappa shape index (κ2) is 4.41. The van der Waals surface area contributed by atoms with Gasteiger partial charge in [0.2, 0.25) is 0 Å². The lowest BCUT2D eigenvalue weighted by atomic mass is 10.1. The topological polar surface area (TPSA) is 65.2 Å². The third-order valence-corrected chi connectivity index (χ3v) is 2.60. The minimum atomic E-state index is -0.428. The molecule has 0 bridgehead atoms. The first kappa shape index (κ1) is 11.4. The van der Waals surface area contributed by atoms with E-state index in [0.717, 1.165) is 16.5 Å². The van der Waals surface area contributed by atoms with Crippen molar-refractivity contribution in [1.29, 1.82) is 0 Å². The van der Waals surface area contributed by atoms with E-state index in [1.165, 1.54) is 0 Å². The third-order valence-electron chi connectivity index (χ3n) is 2.60. The summed E-state index contributed by atoms with van der Waals surface area (Å²) in [4.78, 5) is 15.9. The summed E-state index contributed by atoms with van der Waals surface area (Å²) in [6.07, 6.45) is 0. The Morgan fingerprint density at radius 1 is 1.47 bits per heavy atom. The molecule has 0 fully saturated rings. The molecule has 2 aromatic rings. The zero-order valence-electron chi connectivity index (χ0n) is 9.86. The number of esters is 1. The fourth-order valence-corrected chi connectivity index (χ4v) is 1.73. The molecule has 2 N–H and O–H groups in total. The molecule has 0 radical (unpaired) electrons. The van der Waals surface area contributed by atoms with E-state index in [4.69, 9.17) is 10.5 Å². The number of aromatic nitrogens is 1. The van der Waals surface area contributed by atoms with E-state index in [0.29, 0.717) is 12.2 Å². The number of pyridine rings is 1. The molecular formula is C13H14N2O2. The van der Waals surface area contributed by atoms with Crippen LogP contribution in [0.15, 0.2) is 24.3 Å². The number of hydrogen-bond donors (Lipinski definition) is 1. The minimum absolute atomic E-state index is 0.210. The molecule has 0 saturated heterocycles. The van der Waals surface area contributed by atoms with Gasteiger partial charge < -0.3 is 10.5 Å². The number of aryl methyl sites for hydroxylation is 1. The first-order valence-corrected chi connectivity index (χ1v) is 5.46. The Labute approximate surface area is 99.4 Å². The lowest BCUT2D eigenvalue weighted by Gasteiger charge is -2.07. The summed E-state index contributed by atoms with van der Waals surface area (Å²) < 4.78 is 4.94. The Morgan fingerprint density at radius 3 is 2.94 bits per heavy atom. The van der Waals surface area contributed by atoms with Crippen LogP contribution in [0.1, 0.15) is 22.8 Å². The van der Waals surface area contributed by atoms with Gasteiger partial charge in [-0.05, 0) is 31.5 Å². The van der Waals surface area contributed by atoms with Gasteiger partial charge in [-0.15, -0.1) is 0 Å². The molecule has 0 aliphatic heterocycles. The average molecular weight is 230 g/mol. The highest BCUT2D eigenvalue weighted by Crippen LogP contribution is 2.22. The smallest absolute Gasteiger partial charge is 0.341 e. The highest BCUT2D eigenvalue weighted by molar-refractivity contribution is 5.99. The van der Waals surface area contributed by atoms with Gasteiger partial charge in [0.25, 0.3) is 0 Å². The van der Waals surface area contributed by atoms with Crippen molar-refractivity contribution >= 4 is 22.7 Å². The van der Waals surface area contributed by atoms with E-state index in [1.807, 2.05) is 25.1 Å². The van der Waals surface area contributed by atoms with Gasteiger partial charge in [-0.2, -0.15) is 0 Å². The van der Waals surface area contributed by atoms with Crippen LogP contribution in [0.4, 0.5) is 5.82 Å². The summed E-state index contributed by atoms with van der Waals surface area (Å²) >= 11 is 0. The van der Waals surface area contributed by atoms with Gasteiger partial charge in [-0.25, -0.2) is 9.78 Å². The monoisotopic (exact) mass is 230 g/mol. The molecule has 4 nitrogen and oxygen atoms in total. The molecule has 0 amide bonds. The molecule has 0 spiro atoms. The lowest BCUT2D eigenvalue weighted by molar-refractivity contribution is 0.0527. The van der Waals surface area contributed by atoms with Crippen molar-refractivity contribution in [3.05, 3.63) is 35.4 Å². The van der Waals surface area contributed by atoms with E-state index >= 15 is 0 Å². The number of fused-ring (bicyclic) bond motifs is 1. The number of nitrogens with two attached hydrogens (primary N) is 1. The maximum Gasteiger partial charge on any atom is 0.341 e. The van der Waals surface area contributed by atoms with Crippen molar-refractivity contribution in [3.63, 3.8) is 0 Å². The summed E-state index contributed by atoms with van der Waals surface area (Å²) in [5, 5.41) is 0.921. The third kappa shape index (κ3) is 2.06. The van der Waals surface area contributed by atoms with Crippen LogP contribution >= 0.6 is 0 Å². The summed E-state index contributed by atoms with van der Waals surface area (Å²) in [6.45, 7) is 4.05. The molecule has 0 aliphatic carbocycles. The first-order chi connectivity index (χ1) is 8.13. The van der Waals surface area contributed by atoms with Crippen LogP contribution in [-0.2, 0) is 4.74 Å². The Kier molecular flexibility index (Phi) is 2.95. The van der Waals surface area contributed by atoms with Crippen LogP contribution < -0.4 is 5.73 Å². The number of benzene rings is 1. The molecule has 0 saturated carbocycles. The Bertz CT molecular complexity index is 579. The zero-order chi connectivity index (χ0) is 12.4. The van der Waals surface area contributed by atoms with E-state index < -0.39 is 5.97 Å². The van der Waals surface area contributed by atoms with Crippen LogP contribution in [0.25, 0.3) is 10.9 Å². The standard InChI is InChI=1S/C13H14N2O2/c1-3-17-13(16)10-7-9-8(2)5-4-6-11(9)15-12(10)14/h4-7H,3H2,1-2H3,(H2,14,15). The van der Waals surface area contributed by atoms with E-state index in [9.17, 15) is 4.79 Å². The summed E-state index contributed by atoms with van der Waals surface area (Å²) in [7, 11) is 0. The predicted molar refractivity (Wildman–Crippen MR) is 66.8 cm³/mol. The lowest BCUT2D eigenvalue weighted by Crippen LogP contribution is -2.09. The maximum atomic E-state index is 11.7. The molecule has 1 aromatic carbocycles. The minimum Gasteiger partial charge on any atom is -0.462 e. The van der Waals surface area contributed by atoms with Gasteiger partial charge in [-0.3, -0.25) is 0 Å². The number of carbonyl (C=O) groups excluding carboxylic acids is 1. The van der Waals surface area contributed by atoms with Crippen LogP contribution in [0.5, 0.6) is 0 Å². The number of nitrogen functional groups attached to an aromatic ring is 1. The molecule has 1 heterocycles. The SMILES string of the molecule is CCOC(=O)c1cc2c(C)cccc2nc1N. The molecule has 0 unspecified atom stereocenters. The van der Waals surface area contributed by atoms with Crippen LogP contribution in [0.2, 0.25) is 0 Å². The normalized spacial score (nSPS) is 10.5. The predicted octanol–water partition coefficient (Wildman–Crippen LogP) is 2.30. The second-order valence-electron chi connectivity index (χ2n) is 3.78. The fourth-order valence-electron chi connectivity index (χ4n) is 1.73. The second-order valence-corrected chi connectivity index (χ2v) is 3.78. The van der Waals surface area contributed by atoms with Gasteiger partial charge in [0.05, 0.1) is 12.1 Å². The molecule has 0 atom stereocenters. The molecule has 88 valence electrons.